The molecule has 1 aromatic carbocycles. The predicted octanol–water partition coefficient (Wildman–Crippen LogP) is 3.65. The number of H-pyrrole nitrogens is 1. The number of fused-ring (bicyclic) bond motifs is 1. The molecule has 7 rings (SSSR count). The second-order valence-electron chi connectivity index (χ2n) is 11.0. The van der Waals surface area contributed by atoms with Crippen molar-refractivity contribution in [3.05, 3.63) is 47.0 Å². The summed E-state index contributed by atoms with van der Waals surface area (Å²) in [6.07, 6.45) is 9.30. The van der Waals surface area contributed by atoms with Crippen LogP contribution in [-0.2, 0) is 16.9 Å². The van der Waals surface area contributed by atoms with Gasteiger partial charge in [-0.1, -0.05) is 0 Å². The molecule has 4 aliphatic carbocycles. The third-order valence-electron chi connectivity index (χ3n) is 8.68. The van der Waals surface area contributed by atoms with Crippen molar-refractivity contribution in [2.45, 2.75) is 55.1 Å². The zero-order chi connectivity index (χ0) is 24.0. The lowest BCUT2D eigenvalue weighted by atomic mass is 9.48. The number of aromatic nitrogens is 2. The number of pyridine rings is 1. The van der Waals surface area contributed by atoms with Crippen LogP contribution >= 0.6 is 0 Å². The third kappa shape index (κ3) is 3.18. The van der Waals surface area contributed by atoms with Gasteiger partial charge < -0.3 is 19.4 Å². The lowest BCUT2D eigenvalue weighted by Gasteiger charge is -2.62. The summed E-state index contributed by atoms with van der Waals surface area (Å²) in [5.74, 6) is 1.60. The van der Waals surface area contributed by atoms with Gasteiger partial charge in [0.25, 0.3) is 5.56 Å². The fourth-order valence-electron chi connectivity index (χ4n) is 7.01. The van der Waals surface area contributed by atoms with E-state index in [2.05, 4.69) is 4.98 Å². The minimum absolute atomic E-state index is 0.145. The van der Waals surface area contributed by atoms with Crippen LogP contribution in [0.2, 0.25) is 0 Å². The van der Waals surface area contributed by atoms with Crippen LogP contribution in [-0.4, -0.2) is 40.5 Å². The lowest BCUT2D eigenvalue weighted by molar-refractivity contribution is -0.210. The van der Waals surface area contributed by atoms with E-state index in [0.29, 0.717) is 22.7 Å². The highest BCUT2D eigenvalue weighted by Crippen LogP contribution is 2.61. The summed E-state index contributed by atoms with van der Waals surface area (Å²) in [6.45, 7) is 1.98. The first kappa shape index (κ1) is 21.9. The second kappa shape index (κ2) is 6.98. The fourth-order valence-corrected chi connectivity index (χ4v) is 7.66. The molecule has 180 valence electrons. The Hall–Kier alpha value is -2.58. The van der Waals surface area contributed by atoms with Gasteiger partial charge in [-0.05, 0) is 81.0 Å². The Bertz CT molecular complexity index is 1460. The maximum absolute atomic E-state index is 12.6. The molecule has 0 saturated heterocycles. The molecular formula is C26H30N2O5S. The minimum atomic E-state index is -3.44. The Labute approximate surface area is 198 Å². The van der Waals surface area contributed by atoms with Crippen LogP contribution in [0.25, 0.3) is 22.0 Å². The quantitative estimate of drug-likeness (QED) is 0.591. The Morgan fingerprint density at radius 2 is 1.82 bits per heavy atom. The van der Waals surface area contributed by atoms with Crippen LogP contribution in [0.15, 0.2) is 46.3 Å². The molecule has 4 aliphatic rings. The number of aliphatic hydroxyl groups is 1. The van der Waals surface area contributed by atoms with E-state index in [0.717, 1.165) is 43.1 Å². The number of hydrogen-bond acceptors (Lipinski definition) is 5. The van der Waals surface area contributed by atoms with E-state index in [1.165, 1.54) is 10.8 Å². The molecule has 0 radical (unpaired) electrons. The number of aromatic amines is 1. The summed E-state index contributed by atoms with van der Waals surface area (Å²) >= 11 is 0. The topological polar surface area (TPSA) is 101 Å². The van der Waals surface area contributed by atoms with Crippen LogP contribution in [0.3, 0.4) is 0 Å². The molecule has 2 unspecified atom stereocenters. The molecule has 2 heterocycles. The second-order valence-corrected chi connectivity index (χ2v) is 13.0. The van der Waals surface area contributed by atoms with Crippen molar-refractivity contribution in [2.75, 3.05) is 6.26 Å². The average molecular weight is 483 g/mol. The molecule has 0 amide bonds. The maximum Gasteiger partial charge on any atom is 0.274 e. The van der Waals surface area contributed by atoms with E-state index in [-0.39, 0.29) is 27.9 Å². The molecule has 2 atom stereocenters. The lowest BCUT2D eigenvalue weighted by Crippen LogP contribution is -2.64. The van der Waals surface area contributed by atoms with Crippen molar-refractivity contribution < 1.29 is 18.3 Å². The van der Waals surface area contributed by atoms with Crippen molar-refractivity contribution in [1.82, 2.24) is 9.55 Å². The summed E-state index contributed by atoms with van der Waals surface area (Å²) in [5.41, 5.74) is 0.719. The van der Waals surface area contributed by atoms with Crippen molar-refractivity contribution in [3.63, 3.8) is 0 Å². The average Bonchev–Trinajstić information content (AvgIpc) is 3.24. The molecule has 0 spiro atoms. The first-order valence-corrected chi connectivity index (χ1v) is 13.8. The maximum atomic E-state index is 12.6. The molecule has 4 fully saturated rings. The monoisotopic (exact) mass is 482 g/mol. The number of ether oxygens (including phenoxy) is 1. The summed E-state index contributed by atoms with van der Waals surface area (Å²) in [7, 11) is -1.75. The number of nitrogens with one attached hydrogen (secondary N) is 1. The van der Waals surface area contributed by atoms with E-state index < -0.39 is 15.4 Å². The first-order valence-electron chi connectivity index (χ1n) is 11.9. The Kier molecular flexibility index (Phi) is 4.50. The number of nitrogens with zero attached hydrogens (tertiary/aromatic N) is 1. The predicted molar refractivity (Wildman–Crippen MR) is 130 cm³/mol. The van der Waals surface area contributed by atoms with Gasteiger partial charge in [0.15, 0.2) is 9.84 Å². The molecular weight excluding hydrogens is 452 g/mol. The summed E-state index contributed by atoms with van der Waals surface area (Å²) < 4.78 is 33.2. The van der Waals surface area contributed by atoms with Crippen molar-refractivity contribution >= 4 is 20.7 Å². The van der Waals surface area contributed by atoms with Gasteiger partial charge in [0.1, 0.15) is 16.9 Å². The Morgan fingerprint density at radius 1 is 1.12 bits per heavy atom. The molecule has 0 aliphatic heterocycles. The highest BCUT2D eigenvalue weighted by molar-refractivity contribution is 7.90. The van der Waals surface area contributed by atoms with Crippen molar-refractivity contribution in [2.24, 2.45) is 24.8 Å². The molecule has 4 saturated carbocycles. The van der Waals surface area contributed by atoms with Gasteiger partial charge in [-0.2, -0.15) is 0 Å². The molecule has 2 N–H and O–H groups in total. The van der Waals surface area contributed by atoms with Crippen molar-refractivity contribution in [1.29, 1.82) is 0 Å². The van der Waals surface area contributed by atoms with Gasteiger partial charge >= 0.3 is 0 Å². The molecule has 3 aromatic rings. The SMILES string of the molecule is Cn1cc(-c2cc(S(C)(=O)=O)ccc2OC23CC4CC(C2)C(C)(O)C(C4)C3)c2cc[nH]c2c1=O. The number of sulfone groups is 1. The molecule has 4 bridgehead atoms. The summed E-state index contributed by atoms with van der Waals surface area (Å²) in [5, 5.41) is 11.9. The highest BCUT2D eigenvalue weighted by Gasteiger charge is 2.61. The van der Waals surface area contributed by atoms with Gasteiger partial charge in [0.05, 0.1) is 10.5 Å². The zero-order valence-corrected chi connectivity index (χ0v) is 20.5. The summed E-state index contributed by atoms with van der Waals surface area (Å²) in [4.78, 5) is 15.9. The smallest absolute Gasteiger partial charge is 0.274 e. The number of rotatable bonds is 4. The normalized spacial score (nSPS) is 32.4. The Morgan fingerprint density at radius 3 is 2.50 bits per heavy atom. The zero-order valence-electron chi connectivity index (χ0n) is 19.7. The van der Waals surface area contributed by atoms with Crippen LogP contribution in [0.5, 0.6) is 5.75 Å². The third-order valence-corrected chi connectivity index (χ3v) is 9.79. The van der Waals surface area contributed by atoms with Gasteiger partial charge in [-0.3, -0.25) is 4.79 Å². The molecule has 8 heteroatoms. The van der Waals surface area contributed by atoms with E-state index in [1.54, 1.807) is 37.6 Å². The highest BCUT2D eigenvalue weighted by atomic mass is 32.2. The van der Waals surface area contributed by atoms with Crippen LogP contribution in [0, 0.1) is 17.8 Å². The van der Waals surface area contributed by atoms with Gasteiger partial charge in [-0.15, -0.1) is 0 Å². The largest absolute Gasteiger partial charge is 0.487 e. The van der Waals surface area contributed by atoms with E-state index in [9.17, 15) is 18.3 Å². The fraction of sp³-hybridized carbons (Fsp3) is 0.500. The van der Waals surface area contributed by atoms with Gasteiger partial charge in [-0.25, -0.2) is 8.42 Å². The standard InChI is InChI=1S/C26H30N2O5S/c1-25(30)16-8-15-9-17(25)13-26(11-15,12-16)33-22-5-4-18(34(3,31)32)10-20(22)21-14-28(2)24(29)23-19(21)6-7-27-23/h4-7,10,14-17,27,30H,8-9,11-13H2,1-3H3. The van der Waals surface area contributed by atoms with E-state index in [1.807, 2.05) is 13.0 Å². The van der Waals surface area contributed by atoms with E-state index in [4.69, 9.17) is 4.74 Å². The minimum Gasteiger partial charge on any atom is -0.487 e. The molecule has 7 nitrogen and oxygen atoms in total. The first-order chi connectivity index (χ1) is 16.0. The molecule has 2 aromatic heterocycles. The van der Waals surface area contributed by atoms with Crippen LogP contribution < -0.4 is 10.3 Å². The van der Waals surface area contributed by atoms with Crippen LogP contribution in [0.1, 0.15) is 39.0 Å². The number of aryl methyl sites for hydroxylation is 1. The number of benzene rings is 1. The Balaban J connectivity index is 1.51. The van der Waals surface area contributed by atoms with E-state index >= 15 is 0 Å². The van der Waals surface area contributed by atoms with Gasteiger partial charge in [0, 0.05) is 42.2 Å². The van der Waals surface area contributed by atoms with Gasteiger partial charge in [0.2, 0.25) is 0 Å². The summed E-state index contributed by atoms with van der Waals surface area (Å²) in [6, 6.07) is 6.85. The molecule has 34 heavy (non-hydrogen) atoms. The van der Waals surface area contributed by atoms with Crippen LogP contribution in [0.4, 0.5) is 0 Å². The van der Waals surface area contributed by atoms with Crippen molar-refractivity contribution in [3.8, 4) is 16.9 Å². The number of hydrogen-bond donors (Lipinski definition) is 2.